The molecule has 102 valence electrons. The summed E-state index contributed by atoms with van der Waals surface area (Å²) in [7, 11) is 0.172. The molecule has 0 aliphatic heterocycles. The standard InChI is InChI=1S/C11H24N2O3S/c1-10(8-12-2)17(14,15)13(3)6-7-16-9-11-4-5-11/h10-12H,4-9H2,1-3H3. The minimum atomic E-state index is -3.20. The Labute approximate surface area is 105 Å². The quantitative estimate of drug-likeness (QED) is 0.608. The van der Waals surface area contributed by atoms with E-state index >= 15 is 0 Å². The van der Waals surface area contributed by atoms with Gasteiger partial charge in [-0.15, -0.1) is 0 Å². The predicted molar refractivity (Wildman–Crippen MR) is 68.5 cm³/mol. The van der Waals surface area contributed by atoms with Gasteiger partial charge in [-0.25, -0.2) is 12.7 Å². The van der Waals surface area contributed by atoms with Gasteiger partial charge in [0.25, 0.3) is 0 Å². The first-order valence-electron chi connectivity index (χ1n) is 6.16. The smallest absolute Gasteiger partial charge is 0.217 e. The fraction of sp³-hybridized carbons (Fsp3) is 1.00. The number of likely N-dealkylation sites (N-methyl/N-ethyl adjacent to an activating group) is 1. The van der Waals surface area contributed by atoms with Crippen molar-refractivity contribution in [3.8, 4) is 0 Å². The molecular weight excluding hydrogens is 240 g/mol. The van der Waals surface area contributed by atoms with Gasteiger partial charge in [-0.1, -0.05) is 0 Å². The molecule has 1 saturated carbocycles. The van der Waals surface area contributed by atoms with Gasteiger partial charge in [0, 0.05) is 26.7 Å². The maximum absolute atomic E-state index is 12.0. The second-order valence-electron chi connectivity index (χ2n) is 4.75. The molecule has 1 N–H and O–H groups in total. The molecule has 0 amide bonds. The fourth-order valence-corrected chi connectivity index (χ4v) is 2.88. The van der Waals surface area contributed by atoms with E-state index in [1.165, 1.54) is 17.1 Å². The lowest BCUT2D eigenvalue weighted by atomic mass is 10.5. The van der Waals surface area contributed by atoms with Gasteiger partial charge in [0.15, 0.2) is 0 Å². The maximum Gasteiger partial charge on any atom is 0.217 e. The highest BCUT2D eigenvalue weighted by atomic mass is 32.2. The van der Waals surface area contributed by atoms with Gasteiger partial charge in [-0.2, -0.15) is 0 Å². The number of rotatable bonds is 9. The van der Waals surface area contributed by atoms with Crippen molar-refractivity contribution in [3.05, 3.63) is 0 Å². The Balaban J connectivity index is 2.25. The zero-order chi connectivity index (χ0) is 12.9. The highest BCUT2D eigenvalue weighted by molar-refractivity contribution is 7.89. The molecule has 1 unspecified atom stereocenters. The molecule has 0 aromatic heterocycles. The van der Waals surface area contributed by atoms with E-state index in [0.717, 1.165) is 12.5 Å². The summed E-state index contributed by atoms with van der Waals surface area (Å²) >= 11 is 0. The van der Waals surface area contributed by atoms with E-state index in [1.807, 2.05) is 0 Å². The molecule has 1 fully saturated rings. The van der Waals surface area contributed by atoms with Crippen molar-refractivity contribution in [1.82, 2.24) is 9.62 Å². The van der Waals surface area contributed by atoms with E-state index in [0.29, 0.717) is 19.7 Å². The third-order valence-corrected chi connectivity index (χ3v) is 5.27. The van der Waals surface area contributed by atoms with Crippen LogP contribution in [0.1, 0.15) is 19.8 Å². The van der Waals surface area contributed by atoms with E-state index in [2.05, 4.69) is 5.32 Å². The first-order chi connectivity index (χ1) is 7.98. The van der Waals surface area contributed by atoms with Gasteiger partial charge in [0.1, 0.15) is 0 Å². The third-order valence-electron chi connectivity index (χ3n) is 3.04. The molecule has 6 heteroatoms. The minimum Gasteiger partial charge on any atom is -0.380 e. The number of hydrogen-bond acceptors (Lipinski definition) is 4. The van der Waals surface area contributed by atoms with Crippen LogP contribution in [0.15, 0.2) is 0 Å². The number of nitrogens with zero attached hydrogens (tertiary/aromatic N) is 1. The second-order valence-corrected chi connectivity index (χ2v) is 7.21. The van der Waals surface area contributed by atoms with Crippen LogP contribution < -0.4 is 5.32 Å². The van der Waals surface area contributed by atoms with Crippen LogP contribution in [0.5, 0.6) is 0 Å². The molecular formula is C11H24N2O3S. The molecule has 0 bridgehead atoms. The Hall–Kier alpha value is -0.170. The fourth-order valence-electron chi connectivity index (χ4n) is 1.55. The lowest BCUT2D eigenvalue weighted by Crippen LogP contribution is -2.40. The third kappa shape index (κ3) is 4.91. The van der Waals surface area contributed by atoms with Crippen LogP contribution in [-0.4, -0.2) is 58.4 Å². The number of sulfonamides is 1. The van der Waals surface area contributed by atoms with Crippen LogP contribution in [0, 0.1) is 5.92 Å². The highest BCUT2D eigenvalue weighted by Crippen LogP contribution is 2.28. The lowest BCUT2D eigenvalue weighted by molar-refractivity contribution is 0.117. The van der Waals surface area contributed by atoms with Crippen molar-refractivity contribution in [2.75, 3.05) is 40.4 Å². The molecule has 17 heavy (non-hydrogen) atoms. The van der Waals surface area contributed by atoms with Crippen molar-refractivity contribution >= 4 is 10.0 Å². The first kappa shape index (κ1) is 14.9. The summed E-state index contributed by atoms with van der Waals surface area (Å²) < 4.78 is 30.8. The van der Waals surface area contributed by atoms with Crippen molar-refractivity contribution in [2.24, 2.45) is 5.92 Å². The number of ether oxygens (including phenoxy) is 1. The van der Waals surface area contributed by atoms with Crippen LogP contribution in [0.3, 0.4) is 0 Å². The van der Waals surface area contributed by atoms with Crippen LogP contribution in [-0.2, 0) is 14.8 Å². The van der Waals surface area contributed by atoms with Crippen molar-refractivity contribution < 1.29 is 13.2 Å². The Morgan fingerprint density at radius 3 is 2.65 bits per heavy atom. The number of nitrogens with one attached hydrogen (secondary N) is 1. The molecule has 1 aliphatic rings. The summed E-state index contributed by atoms with van der Waals surface area (Å²) in [5.41, 5.74) is 0. The van der Waals surface area contributed by atoms with E-state index in [-0.39, 0.29) is 0 Å². The van der Waals surface area contributed by atoms with Crippen molar-refractivity contribution in [1.29, 1.82) is 0 Å². The summed E-state index contributed by atoms with van der Waals surface area (Å²) in [4.78, 5) is 0. The molecule has 1 atom stereocenters. The van der Waals surface area contributed by atoms with E-state index in [1.54, 1.807) is 21.0 Å². The van der Waals surface area contributed by atoms with Gasteiger partial charge in [0.2, 0.25) is 10.0 Å². The monoisotopic (exact) mass is 264 g/mol. The van der Waals surface area contributed by atoms with Gasteiger partial charge >= 0.3 is 0 Å². The Morgan fingerprint density at radius 2 is 2.12 bits per heavy atom. The SMILES string of the molecule is CNCC(C)S(=O)(=O)N(C)CCOCC1CC1. The Morgan fingerprint density at radius 1 is 1.47 bits per heavy atom. The first-order valence-corrected chi connectivity index (χ1v) is 7.66. The molecule has 1 rings (SSSR count). The van der Waals surface area contributed by atoms with E-state index in [4.69, 9.17) is 4.74 Å². The normalized spacial score (nSPS) is 18.6. The summed E-state index contributed by atoms with van der Waals surface area (Å²) in [6, 6.07) is 0. The van der Waals surface area contributed by atoms with Crippen LogP contribution in [0.25, 0.3) is 0 Å². The zero-order valence-corrected chi connectivity index (χ0v) is 11.8. The Bertz CT molecular complexity index is 315. The van der Waals surface area contributed by atoms with E-state index < -0.39 is 15.3 Å². The molecule has 1 aliphatic carbocycles. The van der Waals surface area contributed by atoms with Gasteiger partial charge in [0.05, 0.1) is 11.9 Å². The predicted octanol–water partition coefficient (Wildman–Crippen LogP) is 0.282. The van der Waals surface area contributed by atoms with E-state index in [9.17, 15) is 8.42 Å². The lowest BCUT2D eigenvalue weighted by Gasteiger charge is -2.21. The average molecular weight is 264 g/mol. The summed E-state index contributed by atoms with van der Waals surface area (Å²) in [6.45, 7) is 3.88. The second kappa shape index (κ2) is 6.68. The van der Waals surface area contributed by atoms with Gasteiger partial charge in [-0.05, 0) is 32.7 Å². The highest BCUT2D eigenvalue weighted by Gasteiger charge is 2.25. The topological polar surface area (TPSA) is 58.6 Å². The number of hydrogen-bond donors (Lipinski definition) is 1. The largest absolute Gasteiger partial charge is 0.380 e. The summed E-state index contributed by atoms with van der Waals surface area (Å²) in [5.74, 6) is 0.722. The molecule has 0 saturated heterocycles. The van der Waals surface area contributed by atoms with Crippen LogP contribution in [0.2, 0.25) is 0 Å². The molecule has 0 radical (unpaired) electrons. The average Bonchev–Trinajstić information content (AvgIpc) is 3.08. The molecule has 0 heterocycles. The molecule has 0 aromatic carbocycles. The Kier molecular flexibility index (Phi) is 5.85. The van der Waals surface area contributed by atoms with Crippen LogP contribution >= 0.6 is 0 Å². The van der Waals surface area contributed by atoms with Crippen molar-refractivity contribution in [3.63, 3.8) is 0 Å². The van der Waals surface area contributed by atoms with Crippen molar-refractivity contribution in [2.45, 2.75) is 25.0 Å². The molecule has 0 spiro atoms. The molecule has 5 nitrogen and oxygen atoms in total. The molecule has 0 aromatic rings. The van der Waals surface area contributed by atoms with Gasteiger partial charge in [-0.3, -0.25) is 0 Å². The summed E-state index contributed by atoms with van der Waals surface area (Å²) in [5, 5.41) is 2.48. The summed E-state index contributed by atoms with van der Waals surface area (Å²) in [6.07, 6.45) is 2.51. The maximum atomic E-state index is 12.0. The van der Waals surface area contributed by atoms with Crippen LogP contribution in [0.4, 0.5) is 0 Å². The minimum absolute atomic E-state index is 0.402. The van der Waals surface area contributed by atoms with Gasteiger partial charge < -0.3 is 10.1 Å². The zero-order valence-electron chi connectivity index (χ0n) is 11.0.